The molecule has 132 valence electrons. The molecule has 0 aliphatic carbocycles. The van der Waals surface area contributed by atoms with Gasteiger partial charge in [0.1, 0.15) is 6.54 Å². The van der Waals surface area contributed by atoms with E-state index in [1.165, 1.54) is 4.90 Å². The topological polar surface area (TPSA) is 79.3 Å². The van der Waals surface area contributed by atoms with Gasteiger partial charge in [-0.3, -0.25) is 19.2 Å². The van der Waals surface area contributed by atoms with Gasteiger partial charge in [-0.15, -0.1) is 0 Å². The van der Waals surface area contributed by atoms with E-state index in [1.807, 2.05) is 56.0 Å². The van der Waals surface area contributed by atoms with Gasteiger partial charge in [-0.1, -0.05) is 12.1 Å². The maximum Gasteiger partial charge on any atom is 0.244 e. The molecule has 1 aliphatic rings. The molecule has 0 saturated carbocycles. The lowest BCUT2D eigenvalue weighted by Crippen LogP contribution is -2.52. The molecule has 2 atom stereocenters. The first kappa shape index (κ1) is 17.2. The summed E-state index contributed by atoms with van der Waals surface area (Å²) in [5, 5.41) is 10.4. The van der Waals surface area contributed by atoms with Crippen molar-refractivity contribution in [1.82, 2.24) is 15.1 Å². The van der Waals surface area contributed by atoms with Gasteiger partial charge in [0.25, 0.3) is 0 Å². The highest BCUT2D eigenvalue weighted by Gasteiger charge is 2.29. The Morgan fingerprint density at radius 3 is 2.84 bits per heavy atom. The summed E-state index contributed by atoms with van der Waals surface area (Å²) in [4.78, 5) is 26.3. The molecule has 2 heterocycles. The highest BCUT2D eigenvalue weighted by atomic mass is 16.2. The number of aryl methyl sites for hydroxylation is 1. The van der Waals surface area contributed by atoms with Gasteiger partial charge in [0, 0.05) is 12.2 Å². The average Bonchev–Trinajstić information content (AvgIpc) is 2.97. The van der Waals surface area contributed by atoms with Crippen LogP contribution in [0.2, 0.25) is 0 Å². The van der Waals surface area contributed by atoms with Crippen molar-refractivity contribution in [2.75, 3.05) is 16.8 Å². The van der Waals surface area contributed by atoms with E-state index in [1.54, 1.807) is 6.07 Å². The van der Waals surface area contributed by atoms with Crippen LogP contribution in [0.1, 0.15) is 19.4 Å². The third-order valence-corrected chi connectivity index (χ3v) is 4.16. The van der Waals surface area contributed by atoms with Crippen LogP contribution in [0.15, 0.2) is 36.7 Å². The average molecular weight is 341 g/mol. The second kappa shape index (κ2) is 7.06. The van der Waals surface area contributed by atoms with Gasteiger partial charge in [-0.25, -0.2) is 0 Å². The number of hydrogen-bond donors (Lipinski definition) is 2. The van der Waals surface area contributed by atoms with E-state index in [0.29, 0.717) is 12.2 Å². The van der Waals surface area contributed by atoms with Crippen molar-refractivity contribution in [3.05, 3.63) is 42.2 Å². The molecule has 3 rings (SSSR count). The molecule has 25 heavy (non-hydrogen) atoms. The van der Waals surface area contributed by atoms with Crippen LogP contribution in [0.25, 0.3) is 0 Å². The largest absolute Gasteiger partial charge is 0.323 e. The fraction of sp³-hybridized carbons (Fsp3) is 0.389. The van der Waals surface area contributed by atoms with Crippen molar-refractivity contribution in [3.63, 3.8) is 0 Å². The van der Waals surface area contributed by atoms with Gasteiger partial charge < -0.3 is 10.6 Å². The van der Waals surface area contributed by atoms with Gasteiger partial charge in [0.15, 0.2) is 0 Å². The van der Waals surface area contributed by atoms with E-state index in [4.69, 9.17) is 0 Å². The molecule has 0 spiro atoms. The van der Waals surface area contributed by atoms with Crippen molar-refractivity contribution in [2.45, 2.75) is 39.4 Å². The first-order valence-electron chi connectivity index (χ1n) is 8.39. The van der Waals surface area contributed by atoms with Crippen LogP contribution in [0, 0.1) is 6.92 Å². The molecule has 0 saturated heterocycles. The molecule has 0 unspecified atom stereocenters. The summed E-state index contributed by atoms with van der Waals surface area (Å²) < 4.78 is 1.85. The van der Waals surface area contributed by atoms with Gasteiger partial charge in [-0.05, 0) is 38.5 Å². The quantitative estimate of drug-likeness (QED) is 0.865. The Kier molecular flexibility index (Phi) is 4.85. The number of aromatic nitrogens is 2. The molecule has 0 fully saturated rings. The number of fused-ring (bicyclic) bond motifs is 1. The second-order valence-electron chi connectivity index (χ2n) is 6.52. The first-order chi connectivity index (χ1) is 11.9. The Morgan fingerprint density at radius 1 is 1.36 bits per heavy atom. The van der Waals surface area contributed by atoms with Gasteiger partial charge in [0.05, 0.1) is 30.2 Å². The third-order valence-electron chi connectivity index (χ3n) is 4.16. The minimum atomic E-state index is -0.411. The third kappa shape index (κ3) is 3.88. The molecule has 7 heteroatoms. The lowest BCUT2D eigenvalue weighted by Gasteiger charge is -2.32. The highest BCUT2D eigenvalue weighted by Crippen LogP contribution is 2.29. The summed E-state index contributed by atoms with van der Waals surface area (Å²) in [5.41, 5.74) is 2.50. The molecule has 1 aliphatic heterocycles. The van der Waals surface area contributed by atoms with E-state index in [2.05, 4.69) is 15.7 Å². The molecule has 0 bridgehead atoms. The number of rotatable bonds is 5. The summed E-state index contributed by atoms with van der Waals surface area (Å²) in [6.45, 7) is 6.53. The molecular formula is C18H23N5O2. The van der Waals surface area contributed by atoms with E-state index >= 15 is 0 Å². The van der Waals surface area contributed by atoms with Crippen LogP contribution in [-0.2, 0) is 16.1 Å². The number of benzene rings is 1. The Balaban J connectivity index is 1.67. The van der Waals surface area contributed by atoms with Crippen molar-refractivity contribution >= 4 is 23.2 Å². The Bertz CT molecular complexity index is 785. The number of carbonyl (C=O) groups excluding carboxylic acids is 2. The lowest BCUT2D eigenvalue weighted by molar-refractivity contribution is -0.123. The fourth-order valence-corrected chi connectivity index (χ4v) is 3.06. The van der Waals surface area contributed by atoms with E-state index in [-0.39, 0.29) is 24.4 Å². The Hall–Kier alpha value is -2.67. The van der Waals surface area contributed by atoms with Gasteiger partial charge in [0.2, 0.25) is 11.8 Å². The summed E-state index contributed by atoms with van der Waals surface area (Å²) in [5.74, 6) is -0.301. The predicted molar refractivity (Wildman–Crippen MR) is 96.4 cm³/mol. The minimum Gasteiger partial charge on any atom is -0.323 e. The molecule has 1 aromatic heterocycles. The van der Waals surface area contributed by atoms with Crippen LogP contribution < -0.4 is 15.5 Å². The SMILES string of the molecule is Cc1cnn(C[C@@H](C)N[C@H](C)C(=O)N2CC(=O)Nc3ccccc32)c1. The number of para-hydroxylation sites is 2. The molecule has 0 radical (unpaired) electrons. The Labute approximate surface area is 147 Å². The zero-order chi connectivity index (χ0) is 18.0. The summed E-state index contributed by atoms with van der Waals surface area (Å²) in [6.07, 6.45) is 3.78. The number of carbonyl (C=O) groups is 2. The number of hydrogen-bond acceptors (Lipinski definition) is 4. The van der Waals surface area contributed by atoms with Gasteiger partial charge >= 0.3 is 0 Å². The zero-order valence-electron chi connectivity index (χ0n) is 14.7. The monoisotopic (exact) mass is 341 g/mol. The molecule has 2 amide bonds. The zero-order valence-corrected chi connectivity index (χ0v) is 14.7. The van der Waals surface area contributed by atoms with Gasteiger partial charge in [-0.2, -0.15) is 5.10 Å². The fourth-order valence-electron chi connectivity index (χ4n) is 3.06. The van der Waals surface area contributed by atoms with Crippen molar-refractivity contribution in [3.8, 4) is 0 Å². The number of amides is 2. The Morgan fingerprint density at radius 2 is 2.12 bits per heavy atom. The van der Waals surface area contributed by atoms with Crippen LogP contribution in [0.3, 0.4) is 0 Å². The summed E-state index contributed by atoms with van der Waals surface area (Å²) >= 11 is 0. The molecule has 7 nitrogen and oxygen atoms in total. The maximum absolute atomic E-state index is 12.9. The van der Waals surface area contributed by atoms with E-state index in [0.717, 1.165) is 11.3 Å². The van der Waals surface area contributed by atoms with Crippen LogP contribution in [-0.4, -0.2) is 40.2 Å². The van der Waals surface area contributed by atoms with Crippen molar-refractivity contribution in [1.29, 1.82) is 0 Å². The number of nitrogens with one attached hydrogen (secondary N) is 2. The van der Waals surface area contributed by atoms with E-state index < -0.39 is 6.04 Å². The van der Waals surface area contributed by atoms with E-state index in [9.17, 15) is 9.59 Å². The van der Waals surface area contributed by atoms with Crippen LogP contribution in [0.4, 0.5) is 11.4 Å². The first-order valence-corrected chi connectivity index (χ1v) is 8.39. The summed E-state index contributed by atoms with van der Waals surface area (Å²) in [7, 11) is 0. The standard InChI is InChI=1S/C18H23N5O2/c1-12-8-19-22(9-12)10-13(2)20-14(3)18(25)23-11-17(24)21-15-6-4-5-7-16(15)23/h4-9,13-14,20H,10-11H2,1-3H3,(H,21,24)/t13-,14-/m1/s1. The normalized spacial score (nSPS) is 16.1. The molecule has 2 aromatic rings. The maximum atomic E-state index is 12.9. The smallest absolute Gasteiger partial charge is 0.244 e. The van der Waals surface area contributed by atoms with Crippen LogP contribution >= 0.6 is 0 Å². The molecular weight excluding hydrogens is 318 g/mol. The number of anilines is 2. The van der Waals surface area contributed by atoms with Crippen molar-refractivity contribution < 1.29 is 9.59 Å². The second-order valence-corrected chi connectivity index (χ2v) is 6.52. The summed E-state index contributed by atoms with van der Waals surface area (Å²) in [6, 6.07) is 6.99. The minimum absolute atomic E-state index is 0.0363. The van der Waals surface area contributed by atoms with Crippen LogP contribution in [0.5, 0.6) is 0 Å². The lowest BCUT2D eigenvalue weighted by atomic mass is 10.1. The highest BCUT2D eigenvalue weighted by molar-refractivity contribution is 6.11. The predicted octanol–water partition coefficient (Wildman–Crippen LogP) is 1.54. The molecule has 1 aromatic carbocycles. The number of nitrogens with zero attached hydrogens (tertiary/aromatic N) is 3. The van der Waals surface area contributed by atoms with Crippen molar-refractivity contribution in [2.24, 2.45) is 0 Å². The molecule has 2 N–H and O–H groups in total.